The van der Waals surface area contributed by atoms with Gasteiger partial charge in [0.2, 0.25) is 5.30 Å². The van der Waals surface area contributed by atoms with Gasteiger partial charge in [0.1, 0.15) is 0 Å². The van der Waals surface area contributed by atoms with E-state index in [-0.39, 0.29) is 0 Å². The van der Waals surface area contributed by atoms with E-state index in [2.05, 4.69) is 22.6 Å². The van der Waals surface area contributed by atoms with Gasteiger partial charge >= 0.3 is 7.80 Å². The lowest BCUT2D eigenvalue weighted by Crippen LogP contribution is -2.08. The molecule has 0 saturated carbocycles. The fourth-order valence-electron chi connectivity index (χ4n) is 1.32. The fourth-order valence-corrected chi connectivity index (χ4v) is 3.57. The number of hydrogen-bond donors (Lipinski definition) is 0. The van der Waals surface area contributed by atoms with Crippen LogP contribution in [-0.2, 0) is 4.57 Å². The van der Waals surface area contributed by atoms with Crippen LogP contribution in [0.4, 0.5) is 0 Å². The Balaban J connectivity index is 2.42. The van der Waals surface area contributed by atoms with Crippen LogP contribution >= 0.6 is 30.4 Å². The SMILES string of the molecule is O=[P+](c1ccccc1)c1ccccc1I. The van der Waals surface area contributed by atoms with E-state index in [1.807, 2.05) is 54.6 Å². The summed E-state index contributed by atoms with van der Waals surface area (Å²) in [4.78, 5) is 0. The Bertz CT molecular complexity index is 482. The number of benzene rings is 2. The van der Waals surface area contributed by atoms with Gasteiger partial charge in [-0.05, 0) is 46.9 Å². The summed E-state index contributed by atoms with van der Waals surface area (Å²) in [6.07, 6.45) is 0. The molecule has 3 heteroatoms. The second kappa shape index (κ2) is 4.86. The predicted octanol–water partition coefficient (Wildman–Crippen LogP) is 3.07. The van der Waals surface area contributed by atoms with Crippen molar-refractivity contribution in [2.45, 2.75) is 0 Å². The maximum Gasteiger partial charge on any atom is 0.416 e. The molecule has 0 amide bonds. The van der Waals surface area contributed by atoms with Crippen LogP contribution in [0, 0.1) is 3.57 Å². The summed E-state index contributed by atoms with van der Waals surface area (Å²) < 4.78 is 13.3. The van der Waals surface area contributed by atoms with Gasteiger partial charge in [-0.3, -0.25) is 0 Å². The lowest BCUT2D eigenvalue weighted by atomic mass is 10.4. The number of rotatable bonds is 2. The third-order valence-electron chi connectivity index (χ3n) is 2.06. The van der Waals surface area contributed by atoms with Crippen molar-refractivity contribution in [1.29, 1.82) is 0 Å². The van der Waals surface area contributed by atoms with Gasteiger partial charge in [-0.1, -0.05) is 34.9 Å². The lowest BCUT2D eigenvalue weighted by Gasteiger charge is -1.91. The first-order valence-corrected chi connectivity index (χ1v) is 6.90. The lowest BCUT2D eigenvalue weighted by molar-refractivity contribution is 0.598. The summed E-state index contributed by atoms with van der Waals surface area (Å²) in [6.45, 7) is 0. The molecule has 1 atom stereocenters. The first kappa shape index (κ1) is 10.8. The predicted molar refractivity (Wildman–Crippen MR) is 72.5 cm³/mol. The summed E-state index contributed by atoms with van der Waals surface area (Å²) in [7, 11) is -1.45. The second-order valence-corrected chi connectivity index (χ2v) is 5.83. The molecule has 0 bridgehead atoms. The van der Waals surface area contributed by atoms with Crippen molar-refractivity contribution in [1.82, 2.24) is 0 Å². The highest BCUT2D eigenvalue weighted by Gasteiger charge is 2.25. The smallest absolute Gasteiger partial charge is 0.0619 e. The molecular formula is C12H9IOP+. The number of hydrogen-bond acceptors (Lipinski definition) is 1. The molecule has 1 unspecified atom stereocenters. The topological polar surface area (TPSA) is 17.1 Å². The van der Waals surface area contributed by atoms with Crippen molar-refractivity contribution in [2.75, 3.05) is 0 Å². The molecule has 0 aromatic heterocycles. The van der Waals surface area contributed by atoms with E-state index in [4.69, 9.17) is 0 Å². The third-order valence-corrected chi connectivity index (χ3v) is 5.02. The zero-order valence-electron chi connectivity index (χ0n) is 7.93. The summed E-state index contributed by atoms with van der Waals surface area (Å²) in [5.74, 6) is 0. The van der Waals surface area contributed by atoms with E-state index in [1.54, 1.807) is 0 Å². The van der Waals surface area contributed by atoms with E-state index >= 15 is 0 Å². The van der Waals surface area contributed by atoms with Gasteiger partial charge in [-0.25, -0.2) is 0 Å². The van der Waals surface area contributed by atoms with Crippen molar-refractivity contribution >= 4 is 41.0 Å². The molecule has 0 N–H and O–H groups in total. The summed E-state index contributed by atoms with van der Waals surface area (Å²) in [5.41, 5.74) is 0. The van der Waals surface area contributed by atoms with Crippen molar-refractivity contribution in [3.05, 3.63) is 58.2 Å². The molecule has 2 rings (SSSR count). The largest absolute Gasteiger partial charge is 0.416 e. The Morgan fingerprint density at radius 1 is 0.867 bits per heavy atom. The molecule has 74 valence electrons. The highest BCUT2D eigenvalue weighted by Crippen LogP contribution is 2.22. The molecule has 0 aliphatic rings. The first-order chi connectivity index (χ1) is 7.29. The van der Waals surface area contributed by atoms with Gasteiger partial charge in [-0.15, -0.1) is 0 Å². The maximum atomic E-state index is 12.2. The van der Waals surface area contributed by atoms with Gasteiger partial charge in [0, 0.05) is 0 Å². The molecule has 2 aromatic rings. The minimum absolute atomic E-state index is 0.886. The van der Waals surface area contributed by atoms with Gasteiger partial charge in [0.15, 0.2) is 5.30 Å². The first-order valence-electron chi connectivity index (χ1n) is 4.56. The molecule has 1 nitrogen and oxygen atoms in total. The van der Waals surface area contributed by atoms with Crippen molar-refractivity contribution in [3.63, 3.8) is 0 Å². The number of halogens is 1. The Kier molecular flexibility index (Phi) is 3.49. The van der Waals surface area contributed by atoms with Crippen LogP contribution in [0.2, 0.25) is 0 Å². The maximum absolute atomic E-state index is 12.2. The van der Waals surface area contributed by atoms with Crippen LogP contribution in [-0.4, -0.2) is 0 Å². The van der Waals surface area contributed by atoms with Gasteiger partial charge in [-0.2, -0.15) is 0 Å². The Labute approximate surface area is 103 Å². The summed E-state index contributed by atoms with van der Waals surface area (Å²) in [5, 5.41) is 1.80. The van der Waals surface area contributed by atoms with Crippen molar-refractivity contribution in [3.8, 4) is 0 Å². The summed E-state index contributed by atoms with van der Waals surface area (Å²) >= 11 is 2.22. The molecule has 0 radical (unpaired) electrons. The van der Waals surface area contributed by atoms with Gasteiger partial charge in [0.25, 0.3) is 0 Å². The van der Waals surface area contributed by atoms with E-state index in [9.17, 15) is 4.57 Å². The van der Waals surface area contributed by atoms with E-state index < -0.39 is 7.80 Å². The quantitative estimate of drug-likeness (QED) is 0.612. The van der Waals surface area contributed by atoms with Gasteiger partial charge < -0.3 is 0 Å². The Morgan fingerprint density at radius 3 is 2.13 bits per heavy atom. The average molecular weight is 327 g/mol. The monoisotopic (exact) mass is 327 g/mol. The minimum Gasteiger partial charge on any atom is -0.0619 e. The second-order valence-electron chi connectivity index (χ2n) is 3.08. The molecule has 0 aliphatic heterocycles. The van der Waals surface area contributed by atoms with E-state index in [0.29, 0.717) is 0 Å². The molecule has 0 aliphatic carbocycles. The van der Waals surface area contributed by atoms with Crippen molar-refractivity contribution < 1.29 is 4.57 Å². The summed E-state index contributed by atoms with van der Waals surface area (Å²) in [6, 6.07) is 17.4. The Hall–Kier alpha value is -0.730. The van der Waals surface area contributed by atoms with Crippen LogP contribution in [0.3, 0.4) is 0 Å². The van der Waals surface area contributed by atoms with Crippen LogP contribution < -0.4 is 10.6 Å². The minimum atomic E-state index is -1.45. The molecule has 0 heterocycles. The third kappa shape index (κ3) is 2.44. The molecule has 0 spiro atoms. The van der Waals surface area contributed by atoms with Gasteiger partial charge in [0.05, 0.1) is 3.57 Å². The highest BCUT2D eigenvalue weighted by molar-refractivity contribution is 14.1. The fraction of sp³-hybridized carbons (Fsp3) is 0. The molecule has 2 aromatic carbocycles. The molecule has 0 saturated heterocycles. The van der Waals surface area contributed by atoms with Crippen LogP contribution in [0.25, 0.3) is 0 Å². The van der Waals surface area contributed by atoms with Crippen LogP contribution in [0.15, 0.2) is 54.6 Å². The molecule has 0 fully saturated rings. The average Bonchev–Trinajstić information content (AvgIpc) is 2.30. The molecular weight excluding hydrogens is 318 g/mol. The van der Waals surface area contributed by atoms with E-state index in [1.165, 1.54) is 0 Å². The zero-order chi connectivity index (χ0) is 10.7. The highest BCUT2D eigenvalue weighted by atomic mass is 127. The van der Waals surface area contributed by atoms with E-state index in [0.717, 1.165) is 14.2 Å². The van der Waals surface area contributed by atoms with Crippen LogP contribution in [0.5, 0.6) is 0 Å². The van der Waals surface area contributed by atoms with Crippen LogP contribution in [0.1, 0.15) is 0 Å². The molecule has 15 heavy (non-hydrogen) atoms. The Morgan fingerprint density at radius 2 is 1.47 bits per heavy atom. The zero-order valence-corrected chi connectivity index (χ0v) is 11.0. The standard InChI is InChI=1S/C12H9IOP/c13-11-8-4-5-9-12(11)15(14)10-6-2-1-3-7-10/h1-9H/q+1. The van der Waals surface area contributed by atoms with Crippen molar-refractivity contribution in [2.24, 2.45) is 0 Å². The normalized spacial score (nSPS) is 11.1.